The van der Waals surface area contributed by atoms with Crippen molar-refractivity contribution >= 4 is 87.5 Å². The predicted molar refractivity (Wildman–Crippen MR) is 190 cm³/mol. The molecular weight excluding hydrogens is 564 g/mol. The highest BCUT2D eigenvalue weighted by atomic mass is 16.3. The van der Waals surface area contributed by atoms with Crippen molar-refractivity contribution in [3.63, 3.8) is 0 Å². The van der Waals surface area contributed by atoms with Crippen LogP contribution in [-0.4, -0.2) is 9.13 Å². The first kappa shape index (κ1) is 24.1. The molecule has 0 saturated heterocycles. The first-order chi connectivity index (χ1) is 22.8. The number of nitrogens with zero attached hydrogens (tertiary/aromatic N) is 2. The SMILES string of the molecule is c1ccc2c(c1)oc1c(-n3c4ccccc4c4c3ccc3c5ccccc5n(-c5cccc6c5oc5ccccc56)c34)cccc12. The van der Waals surface area contributed by atoms with Crippen molar-refractivity contribution in [1.29, 1.82) is 0 Å². The maximum atomic E-state index is 6.62. The lowest BCUT2D eigenvalue weighted by molar-refractivity contribution is 0.666. The smallest absolute Gasteiger partial charge is 0.159 e. The fraction of sp³-hybridized carbons (Fsp3) is 0. The van der Waals surface area contributed by atoms with E-state index in [1.165, 1.54) is 27.1 Å². The number of para-hydroxylation sites is 6. The van der Waals surface area contributed by atoms with E-state index in [0.29, 0.717) is 0 Å². The predicted octanol–water partition coefficient (Wildman–Crippen LogP) is 11.7. The van der Waals surface area contributed by atoms with Gasteiger partial charge in [-0.3, -0.25) is 0 Å². The van der Waals surface area contributed by atoms with Gasteiger partial charge in [-0.05, 0) is 42.5 Å². The Balaban J connectivity index is 1.34. The van der Waals surface area contributed by atoms with E-state index in [1.54, 1.807) is 0 Å². The lowest BCUT2D eigenvalue weighted by Crippen LogP contribution is -1.96. The van der Waals surface area contributed by atoms with Crippen LogP contribution in [0.2, 0.25) is 0 Å². The van der Waals surface area contributed by atoms with Crippen molar-refractivity contribution in [1.82, 2.24) is 9.13 Å². The molecule has 7 aromatic carbocycles. The summed E-state index contributed by atoms with van der Waals surface area (Å²) in [5.74, 6) is 0. The zero-order valence-corrected chi connectivity index (χ0v) is 24.6. The van der Waals surface area contributed by atoms with Gasteiger partial charge in [-0.15, -0.1) is 0 Å². The molecule has 11 rings (SSSR count). The summed E-state index contributed by atoms with van der Waals surface area (Å²) in [5, 5.41) is 9.30. The van der Waals surface area contributed by atoms with Crippen LogP contribution >= 0.6 is 0 Å². The van der Waals surface area contributed by atoms with E-state index in [9.17, 15) is 0 Å². The highest BCUT2D eigenvalue weighted by Crippen LogP contribution is 2.45. The zero-order valence-electron chi connectivity index (χ0n) is 24.6. The Kier molecular flexibility index (Phi) is 4.55. The van der Waals surface area contributed by atoms with Crippen LogP contribution in [0.1, 0.15) is 0 Å². The van der Waals surface area contributed by atoms with Crippen LogP contribution in [0.3, 0.4) is 0 Å². The van der Waals surface area contributed by atoms with Gasteiger partial charge in [-0.1, -0.05) is 103 Å². The van der Waals surface area contributed by atoms with Gasteiger partial charge in [-0.25, -0.2) is 0 Å². The van der Waals surface area contributed by atoms with Crippen LogP contribution in [-0.2, 0) is 0 Å². The number of fused-ring (bicyclic) bond motifs is 13. The molecule has 0 bridgehead atoms. The maximum Gasteiger partial charge on any atom is 0.159 e. The van der Waals surface area contributed by atoms with Crippen LogP contribution in [0, 0.1) is 0 Å². The standard InChI is InChI=1S/C42H24N2O2/c1-5-17-32-25(11-1)28-23-24-34-39(40(28)44(32)36-20-10-16-30-27-13-4-8-22-38(27)46-42(30)36)31-14-2-6-18-33(31)43(34)35-19-9-15-29-26-12-3-7-21-37(26)45-41(29)35/h1-24H. The molecule has 0 fully saturated rings. The highest BCUT2D eigenvalue weighted by molar-refractivity contribution is 6.27. The van der Waals surface area contributed by atoms with Gasteiger partial charge in [0.15, 0.2) is 11.2 Å². The molecule has 0 radical (unpaired) electrons. The average Bonchev–Trinajstić information content (AvgIpc) is 3.86. The van der Waals surface area contributed by atoms with Gasteiger partial charge in [0.2, 0.25) is 0 Å². The molecule has 0 spiro atoms. The van der Waals surface area contributed by atoms with Crippen LogP contribution < -0.4 is 0 Å². The normalized spacial score (nSPS) is 12.3. The summed E-state index contributed by atoms with van der Waals surface area (Å²) in [6.45, 7) is 0. The first-order valence-electron chi connectivity index (χ1n) is 15.6. The largest absolute Gasteiger partial charge is 0.454 e. The molecule has 0 atom stereocenters. The van der Waals surface area contributed by atoms with Crippen molar-refractivity contribution in [2.45, 2.75) is 0 Å². The van der Waals surface area contributed by atoms with Gasteiger partial charge >= 0.3 is 0 Å². The number of benzene rings is 7. The Morgan fingerprint density at radius 1 is 0.326 bits per heavy atom. The summed E-state index contributed by atoms with van der Waals surface area (Å²) < 4.78 is 18.0. The molecule has 214 valence electrons. The summed E-state index contributed by atoms with van der Waals surface area (Å²) in [7, 11) is 0. The number of rotatable bonds is 2. The minimum Gasteiger partial charge on any atom is -0.454 e. The molecule has 4 aromatic heterocycles. The number of hydrogen-bond acceptors (Lipinski definition) is 2. The monoisotopic (exact) mass is 588 g/mol. The van der Waals surface area contributed by atoms with E-state index in [0.717, 1.165) is 71.8 Å². The van der Waals surface area contributed by atoms with Crippen LogP contribution in [0.15, 0.2) is 154 Å². The van der Waals surface area contributed by atoms with Gasteiger partial charge in [0.1, 0.15) is 11.2 Å². The fourth-order valence-electron chi connectivity index (χ4n) is 7.84. The summed E-state index contributed by atoms with van der Waals surface area (Å²) in [6, 6.07) is 51.5. The number of furan rings is 2. The third-order valence-corrected chi connectivity index (χ3v) is 9.72. The van der Waals surface area contributed by atoms with Gasteiger partial charge < -0.3 is 18.0 Å². The minimum absolute atomic E-state index is 0.888. The van der Waals surface area contributed by atoms with Crippen molar-refractivity contribution in [2.75, 3.05) is 0 Å². The number of hydrogen-bond donors (Lipinski definition) is 0. The summed E-state index contributed by atoms with van der Waals surface area (Å²) in [5.41, 5.74) is 10.2. The Labute approximate surface area is 261 Å². The van der Waals surface area contributed by atoms with E-state index in [2.05, 4.69) is 137 Å². The van der Waals surface area contributed by atoms with Crippen molar-refractivity contribution in [2.24, 2.45) is 0 Å². The molecule has 0 aliphatic carbocycles. The lowest BCUT2D eigenvalue weighted by atomic mass is 10.1. The fourth-order valence-corrected chi connectivity index (χ4v) is 7.84. The van der Waals surface area contributed by atoms with E-state index in [1.807, 2.05) is 18.2 Å². The van der Waals surface area contributed by atoms with Gasteiger partial charge in [0, 0.05) is 43.1 Å². The van der Waals surface area contributed by atoms with E-state index >= 15 is 0 Å². The Morgan fingerprint density at radius 3 is 1.48 bits per heavy atom. The maximum absolute atomic E-state index is 6.62. The Hall–Kier alpha value is -6.26. The molecule has 11 aromatic rings. The van der Waals surface area contributed by atoms with E-state index in [4.69, 9.17) is 8.83 Å². The van der Waals surface area contributed by atoms with Crippen LogP contribution in [0.5, 0.6) is 0 Å². The zero-order chi connectivity index (χ0) is 29.9. The summed E-state index contributed by atoms with van der Waals surface area (Å²) in [6.07, 6.45) is 0. The van der Waals surface area contributed by atoms with Crippen molar-refractivity contribution < 1.29 is 8.83 Å². The molecule has 0 unspecified atom stereocenters. The van der Waals surface area contributed by atoms with Crippen LogP contribution in [0.25, 0.3) is 98.9 Å². The average molecular weight is 589 g/mol. The molecule has 0 aliphatic heterocycles. The van der Waals surface area contributed by atoms with E-state index in [-0.39, 0.29) is 0 Å². The van der Waals surface area contributed by atoms with Gasteiger partial charge in [-0.2, -0.15) is 0 Å². The molecule has 4 heteroatoms. The third kappa shape index (κ3) is 2.98. The molecular formula is C42H24N2O2. The van der Waals surface area contributed by atoms with E-state index < -0.39 is 0 Å². The van der Waals surface area contributed by atoms with Crippen LogP contribution in [0.4, 0.5) is 0 Å². The second kappa shape index (κ2) is 8.68. The Bertz CT molecular complexity index is 3040. The molecule has 4 heterocycles. The van der Waals surface area contributed by atoms with Gasteiger partial charge in [0.05, 0.1) is 33.4 Å². The summed E-state index contributed by atoms with van der Waals surface area (Å²) >= 11 is 0. The molecule has 4 nitrogen and oxygen atoms in total. The quantitative estimate of drug-likeness (QED) is 0.201. The summed E-state index contributed by atoms with van der Waals surface area (Å²) in [4.78, 5) is 0. The minimum atomic E-state index is 0.888. The lowest BCUT2D eigenvalue weighted by Gasteiger charge is -2.11. The van der Waals surface area contributed by atoms with Crippen molar-refractivity contribution in [3.8, 4) is 11.4 Å². The Morgan fingerprint density at radius 2 is 0.826 bits per heavy atom. The molecule has 0 amide bonds. The molecule has 46 heavy (non-hydrogen) atoms. The molecule has 0 aliphatic rings. The molecule has 0 N–H and O–H groups in total. The second-order valence-corrected chi connectivity index (χ2v) is 12.1. The third-order valence-electron chi connectivity index (χ3n) is 9.72. The van der Waals surface area contributed by atoms with Gasteiger partial charge in [0.25, 0.3) is 0 Å². The second-order valence-electron chi connectivity index (χ2n) is 12.1. The number of aromatic nitrogens is 2. The highest BCUT2D eigenvalue weighted by Gasteiger charge is 2.24. The first-order valence-corrected chi connectivity index (χ1v) is 15.6. The van der Waals surface area contributed by atoms with Crippen molar-refractivity contribution in [3.05, 3.63) is 146 Å². The topological polar surface area (TPSA) is 36.1 Å². The molecule has 0 saturated carbocycles.